The quantitative estimate of drug-likeness (QED) is 0.733. The molecule has 1 atom stereocenters. The number of H-pyrrole nitrogens is 1. The molecule has 0 aliphatic rings. The molecule has 0 bridgehead atoms. The first kappa shape index (κ1) is 17.5. The van der Waals surface area contributed by atoms with Crippen molar-refractivity contribution < 1.29 is 18.3 Å². The molecule has 26 heavy (non-hydrogen) atoms. The van der Waals surface area contributed by atoms with Gasteiger partial charge in [-0.05, 0) is 31.2 Å². The van der Waals surface area contributed by atoms with Crippen LogP contribution in [0.15, 0.2) is 53.5 Å². The fourth-order valence-electron chi connectivity index (χ4n) is 2.58. The monoisotopic (exact) mass is 359 g/mol. The van der Waals surface area contributed by atoms with Crippen molar-refractivity contribution in [3.63, 3.8) is 0 Å². The molecule has 1 aromatic heterocycles. The van der Waals surface area contributed by atoms with Crippen molar-refractivity contribution in [1.82, 2.24) is 15.3 Å². The smallest absolute Gasteiger partial charge is 0.387 e. The summed E-state index contributed by atoms with van der Waals surface area (Å²) < 4.78 is 29.5. The van der Waals surface area contributed by atoms with E-state index in [0.29, 0.717) is 22.2 Å². The number of carbonyl (C=O) groups is 1. The van der Waals surface area contributed by atoms with Crippen LogP contribution in [0.3, 0.4) is 0 Å². The molecule has 1 unspecified atom stereocenters. The number of halogens is 2. The summed E-state index contributed by atoms with van der Waals surface area (Å²) in [4.78, 5) is 30.4. The zero-order valence-electron chi connectivity index (χ0n) is 13.7. The van der Waals surface area contributed by atoms with Gasteiger partial charge in [-0.25, -0.2) is 4.98 Å². The van der Waals surface area contributed by atoms with Gasteiger partial charge in [0.1, 0.15) is 5.75 Å². The third kappa shape index (κ3) is 3.85. The number of para-hydroxylation sites is 1. The van der Waals surface area contributed by atoms with E-state index >= 15 is 0 Å². The van der Waals surface area contributed by atoms with E-state index in [9.17, 15) is 18.4 Å². The lowest BCUT2D eigenvalue weighted by Crippen LogP contribution is -2.27. The zero-order chi connectivity index (χ0) is 18.7. The topological polar surface area (TPSA) is 84.1 Å². The van der Waals surface area contributed by atoms with Crippen LogP contribution >= 0.6 is 0 Å². The van der Waals surface area contributed by atoms with Crippen LogP contribution < -0.4 is 15.6 Å². The highest BCUT2D eigenvalue weighted by atomic mass is 19.3. The second-order valence-electron chi connectivity index (χ2n) is 5.59. The predicted octanol–water partition coefficient (Wildman–Crippen LogP) is 3.02. The van der Waals surface area contributed by atoms with Gasteiger partial charge in [-0.15, -0.1) is 0 Å². The van der Waals surface area contributed by atoms with Gasteiger partial charge in [-0.3, -0.25) is 9.59 Å². The number of alkyl halides is 2. The Balaban J connectivity index is 1.83. The molecule has 0 aliphatic carbocycles. The van der Waals surface area contributed by atoms with E-state index in [0.717, 1.165) is 6.20 Å². The van der Waals surface area contributed by atoms with E-state index < -0.39 is 18.6 Å². The van der Waals surface area contributed by atoms with Gasteiger partial charge in [0.05, 0.1) is 23.3 Å². The summed E-state index contributed by atoms with van der Waals surface area (Å²) in [6.45, 7) is -1.29. The summed E-state index contributed by atoms with van der Waals surface area (Å²) in [5, 5.41) is 2.73. The second kappa shape index (κ2) is 7.30. The molecule has 0 saturated carbocycles. The van der Waals surface area contributed by atoms with Crippen LogP contribution in [0, 0.1) is 0 Å². The summed E-state index contributed by atoms with van der Waals surface area (Å²) in [5.41, 5.74) is 1.34. The van der Waals surface area contributed by atoms with Crippen molar-refractivity contribution >= 4 is 16.9 Å². The molecule has 6 nitrogen and oxygen atoms in total. The van der Waals surface area contributed by atoms with Crippen LogP contribution in [0.5, 0.6) is 5.75 Å². The molecule has 1 heterocycles. The highest BCUT2D eigenvalue weighted by molar-refractivity contribution is 5.97. The Morgan fingerprint density at radius 1 is 1.23 bits per heavy atom. The van der Waals surface area contributed by atoms with Crippen LogP contribution in [-0.4, -0.2) is 22.5 Å². The summed E-state index contributed by atoms with van der Waals surface area (Å²) in [6, 6.07) is 10.4. The lowest BCUT2D eigenvalue weighted by Gasteiger charge is -2.18. The number of amides is 1. The SMILES string of the molecule is CC(NC(=O)c1ccc2ncc(=O)[nH]c2c1)c1ccccc1OC(F)F. The third-order valence-electron chi connectivity index (χ3n) is 3.79. The van der Waals surface area contributed by atoms with Crippen molar-refractivity contribution in [3.8, 4) is 5.75 Å². The van der Waals surface area contributed by atoms with Crippen LogP contribution in [0.4, 0.5) is 8.78 Å². The molecule has 0 fully saturated rings. The normalized spacial score (nSPS) is 12.2. The number of fused-ring (bicyclic) bond motifs is 1. The largest absolute Gasteiger partial charge is 0.434 e. The Hall–Kier alpha value is -3.29. The Morgan fingerprint density at radius 2 is 2.00 bits per heavy atom. The highest BCUT2D eigenvalue weighted by Crippen LogP contribution is 2.26. The van der Waals surface area contributed by atoms with Gasteiger partial charge in [0.25, 0.3) is 11.5 Å². The van der Waals surface area contributed by atoms with Crippen LogP contribution in [0.25, 0.3) is 11.0 Å². The third-order valence-corrected chi connectivity index (χ3v) is 3.79. The fourth-order valence-corrected chi connectivity index (χ4v) is 2.58. The minimum Gasteiger partial charge on any atom is -0.434 e. The van der Waals surface area contributed by atoms with Crippen molar-refractivity contribution in [1.29, 1.82) is 0 Å². The van der Waals surface area contributed by atoms with E-state index in [1.807, 2.05) is 0 Å². The molecule has 0 saturated heterocycles. The van der Waals surface area contributed by atoms with Crippen molar-refractivity contribution in [2.75, 3.05) is 0 Å². The summed E-state index contributed by atoms with van der Waals surface area (Å²) >= 11 is 0. The van der Waals surface area contributed by atoms with E-state index in [1.54, 1.807) is 37.3 Å². The van der Waals surface area contributed by atoms with E-state index in [4.69, 9.17) is 0 Å². The Morgan fingerprint density at radius 3 is 2.77 bits per heavy atom. The minimum absolute atomic E-state index is 0.00217. The molecular weight excluding hydrogens is 344 g/mol. The first-order chi connectivity index (χ1) is 12.4. The minimum atomic E-state index is -2.95. The molecule has 0 radical (unpaired) electrons. The number of hydrogen-bond acceptors (Lipinski definition) is 4. The number of benzene rings is 2. The molecule has 2 N–H and O–H groups in total. The van der Waals surface area contributed by atoms with Gasteiger partial charge in [0, 0.05) is 11.1 Å². The lowest BCUT2D eigenvalue weighted by molar-refractivity contribution is -0.0506. The molecule has 8 heteroatoms. The molecule has 134 valence electrons. The van der Waals surface area contributed by atoms with Crippen LogP contribution in [0.2, 0.25) is 0 Å². The number of aromatic nitrogens is 2. The van der Waals surface area contributed by atoms with Crippen LogP contribution in [-0.2, 0) is 0 Å². The van der Waals surface area contributed by atoms with Crippen molar-refractivity contribution in [2.45, 2.75) is 19.6 Å². The van der Waals surface area contributed by atoms with E-state index in [2.05, 4.69) is 20.0 Å². The van der Waals surface area contributed by atoms with E-state index in [-0.39, 0.29) is 11.3 Å². The van der Waals surface area contributed by atoms with Gasteiger partial charge in [0.2, 0.25) is 0 Å². The molecule has 3 aromatic rings. The van der Waals surface area contributed by atoms with Crippen molar-refractivity contribution in [3.05, 3.63) is 70.1 Å². The number of rotatable bonds is 5. The van der Waals surface area contributed by atoms with Crippen LogP contribution in [0.1, 0.15) is 28.9 Å². The number of carbonyl (C=O) groups excluding carboxylic acids is 1. The Bertz CT molecular complexity index is 1000. The molecule has 3 rings (SSSR count). The summed E-state index contributed by atoms with van der Waals surface area (Å²) in [7, 11) is 0. The van der Waals surface area contributed by atoms with Gasteiger partial charge in [-0.2, -0.15) is 8.78 Å². The lowest BCUT2D eigenvalue weighted by atomic mass is 10.1. The molecule has 0 spiro atoms. The van der Waals surface area contributed by atoms with Crippen molar-refractivity contribution in [2.24, 2.45) is 0 Å². The predicted molar refractivity (Wildman–Crippen MR) is 91.3 cm³/mol. The second-order valence-corrected chi connectivity index (χ2v) is 5.59. The summed E-state index contributed by atoms with van der Waals surface area (Å²) in [5.74, 6) is -0.418. The molecule has 1 amide bonds. The van der Waals surface area contributed by atoms with Gasteiger partial charge >= 0.3 is 6.61 Å². The average Bonchev–Trinajstić information content (AvgIpc) is 2.60. The first-order valence-electron chi connectivity index (χ1n) is 7.78. The zero-order valence-corrected chi connectivity index (χ0v) is 13.7. The number of ether oxygens (including phenoxy) is 1. The summed E-state index contributed by atoms with van der Waals surface area (Å²) in [6.07, 6.45) is 1.16. The maximum atomic E-state index is 12.5. The number of aromatic amines is 1. The maximum Gasteiger partial charge on any atom is 0.387 e. The Kier molecular flexibility index (Phi) is 4.92. The number of nitrogens with one attached hydrogen (secondary N) is 2. The first-order valence-corrected chi connectivity index (χ1v) is 7.78. The average molecular weight is 359 g/mol. The molecule has 0 aliphatic heterocycles. The standard InChI is InChI=1S/C18H15F2N3O3/c1-10(12-4-2-3-5-15(12)26-18(19)20)22-17(25)11-6-7-13-14(8-11)23-16(24)9-21-13/h2-10,18H,1H3,(H,22,25)(H,23,24). The number of nitrogens with zero attached hydrogens (tertiary/aromatic N) is 1. The molecule has 2 aromatic carbocycles. The molecular formula is C18H15F2N3O3. The van der Waals surface area contributed by atoms with Gasteiger partial charge in [0.15, 0.2) is 0 Å². The maximum absolute atomic E-state index is 12.5. The highest BCUT2D eigenvalue weighted by Gasteiger charge is 2.17. The Labute approximate surface area is 146 Å². The fraction of sp³-hybridized carbons (Fsp3) is 0.167. The number of hydrogen-bond donors (Lipinski definition) is 2. The van der Waals surface area contributed by atoms with E-state index in [1.165, 1.54) is 12.1 Å². The van der Waals surface area contributed by atoms with Gasteiger partial charge in [-0.1, -0.05) is 18.2 Å². The van der Waals surface area contributed by atoms with Gasteiger partial charge < -0.3 is 15.0 Å².